The van der Waals surface area contributed by atoms with Crippen LogP contribution in [0.2, 0.25) is 0 Å². The molecule has 0 aliphatic heterocycles. The minimum Gasteiger partial charge on any atom is -0.493 e. The van der Waals surface area contributed by atoms with Crippen molar-refractivity contribution in [2.75, 3.05) is 19.8 Å². The molecule has 1 aromatic rings. The van der Waals surface area contributed by atoms with Gasteiger partial charge in [0.1, 0.15) is 11.5 Å². The Morgan fingerprint density at radius 2 is 1.81 bits per heavy atom. The Morgan fingerprint density at radius 3 is 2.33 bits per heavy atom. The van der Waals surface area contributed by atoms with Gasteiger partial charge in [-0.25, -0.2) is 0 Å². The van der Waals surface area contributed by atoms with Gasteiger partial charge in [0.2, 0.25) is 0 Å². The predicted octanol–water partition coefficient (Wildman–Crippen LogP) is 3.15. The van der Waals surface area contributed by atoms with Crippen LogP contribution in [0.3, 0.4) is 0 Å². The molecule has 118 valence electrons. The molecule has 0 unspecified atom stereocenters. The molecule has 0 saturated heterocycles. The van der Waals surface area contributed by atoms with Gasteiger partial charge in [-0.3, -0.25) is 10.1 Å². The molecule has 0 amide bonds. The van der Waals surface area contributed by atoms with E-state index in [1.165, 1.54) is 12.1 Å². The van der Waals surface area contributed by atoms with Gasteiger partial charge < -0.3 is 14.8 Å². The van der Waals surface area contributed by atoms with Crippen molar-refractivity contribution < 1.29 is 14.4 Å². The molecule has 0 fully saturated rings. The molecule has 0 aliphatic rings. The Kier molecular flexibility index (Phi) is 7.53. The molecule has 1 N–H and O–H groups in total. The van der Waals surface area contributed by atoms with E-state index in [0.717, 1.165) is 19.4 Å². The van der Waals surface area contributed by atoms with Gasteiger partial charge >= 0.3 is 0 Å². The van der Waals surface area contributed by atoms with Crippen LogP contribution in [0, 0.1) is 10.1 Å². The Labute approximate surface area is 125 Å². The Bertz CT molecular complexity index is 449. The summed E-state index contributed by atoms with van der Waals surface area (Å²) in [6, 6.07) is 4.98. The highest BCUT2D eigenvalue weighted by Crippen LogP contribution is 2.27. The maximum absolute atomic E-state index is 10.9. The fourth-order valence-electron chi connectivity index (χ4n) is 1.70. The van der Waals surface area contributed by atoms with Gasteiger partial charge in [-0.2, -0.15) is 0 Å². The average molecular weight is 296 g/mol. The summed E-state index contributed by atoms with van der Waals surface area (Å²) < 4.78 is 11.0. The first-order valence-electron chi connectivity index (χ1n) is 7.31. The molecule has 0 radical (unpaired) electrons. The normalized spacial score (nSPS) is 10.7. The van der Waals surface area contributed by atoms with E-state index in [4.69, 9.17) is 9.47 Å². The first-order chi connectivity index (χ1) is 10.0. The first kappa shape index (κ1) is 17.2. The van der Waals surface area contributed by atoms with Crippen LogP contribution in [-0.2, 0) is 0 Å². The van der Waals surface area contributed by atoms with Crippen LogP contribution in [0.4, 0.5) is 5.69 Å². The summed E-state index contributed by atoms with van der Waals surface area (Å²) in [7, 11) is 0. The number of hydrogen-bond donors (Lipinski definition) is 1. The molecule has 0 heterocycles. The van der Waals surface area contributed by atoms with Gasteiger partial charge in [0.15, 0.2) is 0 Å². The molecule has 0 aliphatic carbocycles. The third-order valence-corrected chi connectivity index (χ3v) is 2.69. The summed E-state index contributed by atoms with van der Waals surface area (Å²) >= 11 is 0. The fourth-order valence-corrected chi connectivity index (χ4v) is 1.70. The topological polar surface area (TPSA) is 73.6 Å². The van der Waals surface area contributed by atoms with Gasteiger partial charge in [0, 0.05) is 12.1 Å². The molecule has 6 heteroatoms. The Hall–Kier alpha value is -1.82. The van der Waals surface area contributed by atoms with Gasteiger partial charge in [-0.05, 0) is 19.4 Å². The summed E-state index contributed by atoms with van der Waals surface area (Å²) in [5, 5.41) is 14.2. The molecule has 0 atom stereocenters. The summed E-state index contributed by atoms with van der Waals surface area (Å²) in [5.41, 5.74) is -0.0149. The number of non-ortho nitro benzene ring substituents is 1. The summed E-state index contributed by atoms with van der Waals surface area (Å²) in [4.78, 5) is 10.5. The van der Waals surface area contributed by atoms with Gasteiger partial charge in [-0.1, -0.05) is 20.8 Å². The molecule has 6 nitrogen and oxygen atoms in total. The number of nitrogens with zero attached hydrogens (tertiary/aromatic N) is 1. The van der Waals surface area contributed by atoms with Crippen LogP contribution in [0.15, 0.2) is 18.2 Å². The van der Waals surface area contributed by atoms with Crippen LogP contribution in [0.25, 0.3) is 0 Å². The van der Waals surface area contributed by atoms with Crippen molar-refractivity contribution in [2.45, 2.75) is 39.7 Å². The molecule has 0 saturated carbocycles. The highest BCUT2D eigenvalue weighted by molar-refractivity contribution is 5.46. The van der Waals surface area contributed by atoms with E-state index in [0.29, 0.717) is 30.8 Å². The number of hydrogen-bond acceptors (Lipinski definition) is 5. The van der Waals surface area contributed by atoms with Gasteiger partial charge in [0.05, 0.1) is 30.3 Å². The highest BCUT2D eigenvalue weighted by Gasteiger charge is 2.11. The van der Waals surface area contributed by atoms with Crippen LogP contribution < -0.4 is 14.8 Å². The molecule has 0 bridgehead atoms. The standard InChI is InChI=1S/C15H24N2O4/c1-4-7-20-14-9-13(17(18)19)10-15(11-14)21-8-5-6-16-12(2)3/h9-12,16H,4-8H2,1-3H3. The lowest BCUT2D eigenvalue weighted by molar-refractivity contribution is -0.385. The molecule has 1 aromatic carbocycles. The zero-order valence-electron chi connectivity index (χ0n) is 12.9. The number of ether oxygens (including phenoxy) is 2. The zero-order valence-corrected chi connectivity index (χ0v) is 12.9. The second-order valence-electron chi connectivity index (χ2n) is 5.08. The van der Waals surface area contributed by atoms with Gasteiger partial charge in [-0.15, -0.1) is 0 Å². The van der Waals surface area contributed by atoms with Crippen molar-refractivity contribution in [1.29, 1.82) is 0 Å². The van der Waals surface area contributed by atoms with Crippen LogP contribution in [0.1, 0.15) is 33.6 Å². The maximum atomic E-state index is 10.9. The lowest BCUT2D eigenvalue weighted by Crippen LogP contribution is -2.24. The van der Waals surface area contributed by atoms with Crippen LogP contribution in [0.5, 0.6) is 11.5 Å². The molecular formula is C15H24N2O4. The lowest BCUT2D eigenvalue weighted by atomic mass is 10.3. The van der Waals surface area contributed by atoms with Crippen molar-refractivity contribution in [3.8, 4) is 11.5 Å². The third kappa shape index (κ3) is 6.94. The van der Waals surface area contributed by atoms with E-state index in [2.05, 4.69) is 19.2 Å². The van der Waals surface area contributed by atoms with Crippen molar-refractivity contribution in [3.05, 3.63) is 28.3 Å². The largest absolute Gasteiger partial charge is 0.493 e. The summed E-state index contributed by atoms with van der Waals surface area (Å²) in [6.45, 7) is 8.03. The Morgan fingerprint density at radius 1 is 1.19 bits per heavy atom. The van der Waals surface area contributed by atoms with E-state index in [1.54, 1.807) is 6.07 Å². The second kappa shape index (κ2) is 9.18. The van der Waals surface area contributed by atoms with E-state index in [-0.39, 0.29) is 5.69 Å². The van der Waals surface area contributed by atoms with E-state index in [9.17, 15) is 10.1 Å². The summed E-state index contributed by atoms with van der Waals surface area (Å²) in [6.07, 6.45) is 1.69. The number of nitro groups is 1. The second-order valence-corrected chi connectivity index (χ2v) is 5.08. The maximum Gasteiger partial charge on any atom is 0.276 e. The van der Waals surface area contributed by atoms with E-state index in [1.807, 2.05) is 6.92 Å². The first-order valence-corrected chi connectivity index (χ1v) is 7.31. The van der Waals surface area contributed by atoms with Crippen molar-refractivity contribution >= 4 is 5.69 Å². The summed E-state index contributed by atoms with van der Waals surface area (Å²) in [5.74, 6) is 0.946. The number of nitrogens with one attached hydrogen (secondary N) is 1. The SMILES string of the molecule is CCCOc1cc(OCCCNC(C)C)cc([N+](=O)[O-])c1. The average Bonchev–Trinajstić information content (AvgIpc) is 2.44. The highest BCUT2D eigenvalue weighted by atomic mass is 16.6. The van der Waals surface area contributed by atoms with E-state index >= 15 is 0 Å². The number of benzene rings is 1. The smallest absolute Gasteiger partial charge is 0.276 e. The van der Waals surface area contributed by atoms with Crippen LogP contribution >= 0.6 is 0 Å². The number of rotatable bonds is 10. The van der Waals surface area contributed by atoms with Crippen molar-refractivity contribution in [2.24, 2.45) is 0 Å². The molecule has 0 aromatic heterocycles. The van der Waals surface area contributed by atoms with Crippen molar-refractivity contribution in [3.63, 3.8) is 0 Å². The molecular weight excluding hydrogens is 272 g/mol. The lowest BCUT2D eigenvalue weighted by Gasteiger charge is -2.11. The predicted molar refractivity (Wildman–Crippen MR) is 82.1 cm³/mol. The van der Waals surface area contributed by atoms with E-state index < -0.39 is 4.92 Å². The van der Waals surface area contributed by atoms with Crippen molar-refractivity contribution in [1.82, 2.24) is 5.32 Å². The van der Waals surface area contributed by atoms with Gasteiger partial charge in [0.25, 0.3) is 5.69 Å². The Balaban J connectivity index is 2.58. The molecule has 21 heavy (non-hydrogen) atoms. The minimum absolute atomic E-state index is 0.0149. The quantitative estimate of drug-likeness (QED) is 0.408. The number of nitro benzene ring substituents is 1. The van der Waals surface area contributed by atoms with Crippen LogP contribution in [-0.4, -0.2) is 30.7 Å². The minimum atomic E-state index is -0.439. The molecule has 0 spiro atoms. The monoisotopic (exact) mass is 296 g/mol. The molecule has 1 rings (SSSR count). The third-order valence-electron chi connectivity index (χ3n) is 2.69. The zero-order chi connectivity index (χ0) is 15.7. The fraction of sp³-hybridized carbons (Fsp3) is 0.600.